The summed E-state index contributed by atoms with van der Waals surface area (Å²) in [4.78, 5) is 10.9. The van der Waals surface area contributed by atoms with Crippen molar-refractivity contribution in [1.82, 2.24) is 0 Å². The highest BCUT2D eigenvalue weighted by Gasteiger charge is 2.57. The summed E-state index contributed by atoms with van der Waals surface area (Å²) in [6.07, 6.45) is -0.557. The highest BCUT2D eigenvalue weighted by atomic mass is 79.9. The van der Waals surface area contributed by atoms with Crippen molar-refractivity contribution in [3.8, 4) is 0 Å². The predicted octanol–water partition coefficient (Wildman–Crippen LogP) is 3.32. The van der Waals surface area contributed by atoms with Gasteiger partial charge in [-0.25, -0.2) is 4.39 Å². The Morgan fingerprint density at radius 3 is 2.67 bits per heavy atom. The van der Waals surface area contributed by atoms with Crippen molar-refractivity contribution in [3.63, 3.8) is 0 Å². The summed E-state index contributed by atoms with van der Waals surface area (Å²) in [6, 6.07) is 6.76. The van der Waals surface area contributed by atoms with Gasteiger partial charge in [0.1, 0.15) is 11.6 Å². The summed E-state index contributed by atoms with van der Waals surface area (Å²) >= 11 is 3.24. The van der Waals surface area contributed by atoms with Crippen molar-refractivity contribution in [1.29, 1.82) is 0 Å². The van der Waals surface area contributed by atoms with E-state index in [1.807, 2.05) is 0 Å². The standard InChI is InChI=1S/C11H10BrFO2/c12-8-3-1-2-7(6-8)9(13)11(4-5-11)10(14)15/h1-3,6,9H,4-5H2,(H,14,15). The molecule has 0 amide bonds. The molecule has 2 nitrogen and oxygen atoms in total. The molecule has 1 N–H and O–H groups in total. The number of carboxylic acid groups (broad SMARTS) is 1. The van der Waals surface area contributed by atoms with E-state index >= 15 is 0 Å². The number of halogens is 2. The molecule has 0 radical (unpaired) electrons. The van der Waals surface area contributed by atoms with Crippen LogP contribution in [0.1, 0.15) is 24.6 Å². The second kappa shape index (κ2) is 3.59. The van der Waals surface area contributed by atoms with E-state index in [2.05, 4.69) is 15.9 Å². The van der Waals surface area contributed by atoms with Crippen molar-refractivity contribution in [3.05, 3.63) is 34.3 Å². The zero-order valence-corrected chi connectivity index (χ0v) is 9.50. The van der Waals surface area contributed by atoms with E-state index in [4.69, 9.17) is 5.11 Å². The van der Waals surface area contributed by atoms with E-state index in [1.54, 1.807) is 24.3 Å². The third kappa shape index (κ3) is 1.78. The van der Waals surface area contributed by atoms with E-state index in [0.717, 1.165) is 4.47 Å². The van der Waals surface area contributed by atoms with Crippen LogP contribution in [0, 0.1) is 5.41 Å². The van der Waals surface area contributed by atoms with E-state index in [0.29, 0.717) is 18.4 Å². The van der Waals surface area contributed by atoms with Crippen molar-refractivity contribution < 1.29 is 14.3 Å². The van der Waals surface area contributed by atoms with Gasteiger partial charge >= 0.3 is 5.97 Å². The van der Waals surface area contributed by atoms with Gasteiger partial charge in [0.05, 0.1) is 0 Å². The first-order valence-corrected chi connectivity index (χ1v) is 5.48. The second-order valence-corrected chi connectivity index (χ2v) is 4.79. The highest BCUT2D eigenvalue weighted by Crippen LogP contribution is 2.57. The lowest BCUT2D eigenvalue weighted by molar-refractivity contribution is -0.146. The molecule has 1 atom stereocenters. The molecule has 0 heterocycles. The number of rotatable bonds is 3. The van der Waals surface area contributed by atoms with Crippen LogP contribution >= 0.6 is 15.9 Å². The first kappa shape index (κ1) is 10.6. The molecule has 15 heavy (non-hydrogen) atoms. The number of carboxylic acids is 1. The summed E-state index contributed by atoms with van der Waals surface area (Å²) < 4.78 is 14.8. The van der Waals surface area contributed by atoms with Crippen molar-refractivity contribution in [2.24, 2.45) is 5.41 Å². The van der Waals surface area contributed by atoms with E-state index in [-0.39, 0.29) is 0 Å². The van der Waals surface area contributed by atoms with Gasteiger partial charge < -0.3 is 5.11 Å². The molecule has 1 saturated carbocycles. The molecule has 80 valence electrons. The van der Waals surface area contributed by atoms with Gasteiger partial charge in [0, 0.05) is 4.47 Å². The molecule has 4 heteroatoms. The summed E-state index contributed by atoms with van der Waals surface area (Å²) in [5, 5.41) is 8.95. The molecule has 1 aliphatic carbocycles. The van der Waals surface area contributed by atoms with Crippen LogP contribution in [0.5, 0.6) is 0 Å². The molecule has 0 aromatic heterocycles. The molecule has 0 saturated heterocycles. The lowest BCUT2D eigenvalue weighted by atomic mass is 9.94. The topological polar surface area (TPSA) is 37.3 Å². The molecule has 1 aromatic carbocycles. The van der Waals surface area contributed by atoms with Crippen LogP contribution in [-0.4, -0.2) is 11.1 Å². The quantitative estimate of drug-likeness (QED) is 0.917. The van der Waals surface area contributed by atoms with E-state index in [9.17, 15) is 9.18 Å². The van der Waals surface area contributed by atoms with Crippen LogP contribution in [-0.2, 0) is 4.79 Å². The third-order valence-corrected chi connectivity index (χ3v) is 3.33. The largest absolute Gasteiger partial charge is 0.481 e. The maximum atomic E-state index is 14.0. The normalized spacial score (nSPS) is 19.6. The number of benzene rings is 1. The molecular weight excluding hydrogens is 263 g/mol. The van der Waals surface area contributed by atoms with Crippen LogP contribution < -0.4 is 0 Å². The molecule has 1 unspecified atom stereocenters. The van der Waals surface area contributed by atoms with Gasteiger partial charge in [0.25, 0.3) is 0 Å². The first-order chi connectivity index (χ1) is 7.06. The predicted molar refractivity (Wildman–Crippen MR) is 57.3 cm³/mol. The monoisotopic (exact) mass is 272 g/mol. The van der Waals surface area contributed by atoms with Crippen molar-refractivity contribution >= 4 is 21.9 Å². The fraction of sp³-hybridized carbons (Fsp3) is 0.364. The minimum atomic E-state index is -1.41. The molecule has 2 rings (SSSR count). The van der Waals surface area contributed by atoms with Gasteiger partial charge in [-0.15, -0.1) is 0 Å². The number of hydrogen-bond donors (Lipinski definition) is 1. The van der Waals surface area contributed by atoms with Crippen molar-refractivity contribution in [2.45, 2.75) is 19.0 Å². The molecule has 1 fully saturated rings. The Hall–Kier alpha value is -0.900. The number of carbonyl (C=O) groups is 1. The Labute approximate surface area is 95.2 Å². The number of alkyl halides is 1. The Morgan fingerprint density at radius 2 is 2.20 bits per heavy atom. The summed E-state index contributed by atoms with van der Waals surface area (Å²) in [5.41, 5.74) is -0.731. The Bertz CT molecular complexity index is 401. The SMILES string of the molecule is O=C(O)C1(C(F)c2cccc(Br)c2)CC1. The molecule has 0 aliphatic heterocycles. The Balaban J connectivity index is 2.29. The number of aliphatic carboxylic acids is 1. The average Bonchev–Trinajstić information content (AvgIpc) is 2.97. The van der Waals surface area contributed by atoms with Gasteiger partial charge in [-0.1, -0.05) is 28.1 Å². The Kier molecular flexibility index (Phi) is 2.54. The fourth-order valence-electron chi connectivity index (χ4n) is 1.69. The van der Waals surface area contributed by atoms with Crippen molar-refractivity contribution in [2.75, 3.05) is 0 Å². The maximum absolute atomic E-state index is 14.0. The van der Waals surface area contributed by atoms with E-state index in [1.165, 1.54) is 0 Å². The molecule has 1 aromatic rings. The van der Waals surface area contributed by atoms with Gasteiger partial charge in [-0.2, -0.15) is 0 Å². The maximum Gasteiger partial charge on any atom is 0.312 e. The lowest BCUT2D eigenvalue weighted by Crippen LogP contribution is -2.20. The lowest BCUT2D eigenvalue weighted by Gasteiger charge is -2.15. The van der Waals surface area contributed by atoms with Crippen LogP contribution in [0.15, 0.2) is 28.7 Å². The fourth-order valence-corrected chi connectivity index (χ4v) is 2.11. The van der Waals surface area contributed by atoms with Gasteiger partial charge in [-0.05, 0) is 30.5 Å². The van der Waals surface area contributed by atoms with Crippen LogP contribution in [0.4, 0.5) is 4.39 Å². The molecule has 0 bridgehead atoms. The molecular formula is C11H10BrFO2. The minimum Gasteiger partial charge on any atom is -0.481 e. The molecule has 0 spiro atoms. The van der Waals surface area contributed by atoms with Crippen LogP contribution in [0.2, 0.25) is 0 Å². The van der Waals surface area contributed by atoms with Crippen LogP contribution in [0.3, 0.4) is 0 Å². The average molecular weight is 273 g/mol. The zero-order chi connectivity index (χ0) is 11.1. The summed E-state index contributed by atoms with van der Waals surface area (Å²) in [7, 11) is 0. The number of hydrogen-bond acceptors (Lipinski definition) is 1. The van der Waals surface area contributed by atoms with Gasteiger partial charge in [0.15, 0.2) is 0 Å². The van der Waals surface area contributed by atoms with Crippen LogP contribution in [0.25, 0.3) is 0 Å². The third-order valence-electron chi connectivity index (χ3n) is 2.84. The van der Waals surface area contributed by atoms with Gasteiger partial charge in [-0.3, -0.25) is 4.79 Å². The summed E-state index contributed by atoms with van der Waals surface area (Å²) in [6.45, 7) is 0. The summed E-state index contributed by atoms with van der Waals surface area (Å²) in [5.74, 6) is -1.03. The molecule has 1 aliphatic rings. The van der Waals surface area contributed by atoms with Gasteiger partial charge in [0.2, 0.25) is 0 Å². The highest BCUT2D eigenvalue weighted by molar-refractivity contribution is 9.10. The zero-order valence-electron chi connectivity index (χ0n) is 7.91. The second-order valence-electron chi connectivity index (χ2n) is 3.88. The first-order valence-electron chi connectivity index (χ1n) is 4.69. The van der Waals surface area contributed by atoms with E-state index < -0.39 is 17.6 Å². The minimum absolute atomic E-state index is 0.427. The Morgan fingerprint density at radius 1 is 1.53 bits per heavy atom. The smallest absolute Gasteiger partial charge is 0.312 e.